The van der Waals surface area contributed by atoms with E-state index < -0.39 is 41.4 Å². The van der Waals surface area contributed by atoms with E-state index in [0.29, 0.717) is 26.8 Å². The van der Waals surface area contributed by atoms with Crippen molar-refractivity contribution < 1.29 is 65.7 Å². The summed E-state index contributed by atoms with van der Waals surface area (Å²) in [6, 6.07) is 12.9. The number of nitrogens with two attached hydrogens (primary N) is 3. The van der Waals surface area contributed by atoms with Crippen LogP contribution in [0.15, 0.2) is 94.9 Å². The first kappa shape index (κ1) is 63.4. The molecule has 0 spiro atoms. The van der Waals surface area contributed by atoms with Crippen molar-refractivity contribution >= 4 is 62.5 Å². The Morgan fingerprint density at radius 1 is 0.710 bits per heavy atom. The number of hydrogen-bond donors (Lipinski definition) is 4. The van der Waals surface area contributed by atoms with Crippen LogP contribution in [0, 0.1) is 66.8 Å². The van der Waals surface area contributed by atoms with Crippen LogP contribution >= 0.6 is 15.9 Å². The topological polar surface area (TPSA) is 212 Å². The van der Waals surface area contributed by atoms with E-state index in [1.807, 2.05) is 6.92 Å². The largest absolute Gasteiger partial charge is 1.00 e. The summed E-state index contributed by atoms with van der Waals surface area (Å²) in [5.41, 5.74) is 20.3. The predicted molar refractivity (Wildman–Crippen MR) is 243 cm³/mol. The van der Waals surface area contributed by atoms with Crippen LogP contribution < -0.4 is 51.9 Å². The summed E-state index contributed by atoms with van der Waals surface area (Å²) < 4.78 is 76.5. The quantitative estimate of drug-likeness (QED) is 0.110. The Bertz CT molecular complexity index is 2450. The minimum absolute atomic E-state index is 0. The Kier molecular flexibility index (Phi) is 32.3. The van der Waals surface area contributed by atoms with E-state index in [0.717, 1.165) is 48.5 Å². The fourth-order valence-corrected chi connectivity index (χ4v) is 5.18. The molecular formula is C42H50BrF4N8NaO4SSi. The van der Waals surface area contributed by atoms with E-state index in [2.05, 4.69) is 72.9 Å². The van der Waals surface area contributed by atoms with Gasteiger partial charge in [-0.15, -0.1) is 24.8 Å². The van der Waals surface area contributed by atoms with Crippen molar-refractivity contribution in [3.63, 3.8) is 0 Å². The van der Waals surface area contributed by atoms with Gasteiger partial charge in [0.1, 0.15) is 48.8 Å². The maximum atomic E-state index is 13.1. The number of aromatic nitrogens is 5. The van der Waals surface area contributed by atoms with Crippen LogP contribution in [-0.2, 0) is 10.0 Å². The third-order valence-corrected chi connectivity index (χ3v) is 9.57. The molecule has 0 aliphatic heterocycles. The van der Waals surface area contributed by atoms with Gasteiger partial charge in [0.2, 0.25) is 0 Å². The first-order valence-electron chi connectivity index (χ1n) is 16.3. The first-order chi connectivity index (χ1) is 27.7. The zero-order valence-corrected chi connectivity index (χ0v) is 39.2. The molecule has 12 nitrogen and oxygen atoms in total. The number of pyridine rings is 4. The number of rotatable bonds is 2. The van der Waals surface area contributed by atoms with Gasteiger partial charge in [0.25, 0.3) is 10.0 Å². The Morgan fingerprint density at radius 3 is 1.44 bits per heavy atom. The third kappa shape index (κ3) is 22.0. The van der Waals surface area contributed by atoms with Gasteiger partial charge in [-0.2, -0.15) is 7.11 Å². The Balaban J connectivity index is -0.000000348. The molecule has 0 aliphatic carbocycles. The van der Waals surface area contributed by atoms with Crippen LogP contribution in [0.4, 0.5) is 35.0 Å². The molecule has 1 aromatic carbocycles. The van der Waals surface area contributed by atoms with E-state index in [1.165, 1.54) is 36.5 Å². The van der Waals surface area contributed by atoms with Gasteiger partial charge in [0.05, 0.1) is 45.3 Å². The van der Waals surface area contributed by atoms with Crippen LogP contribution in [0.2, 0.25) is 19.6 Å². The van der Waals surface area contributed by atoms with Crippen molar-refractivity contribution in [2.45, 2.75) is 46.3 Å². The van der Waals surface area contributed by atoms with Gasteiger partial charge in [-0.1, -0.05) is 64.0 Å². The number of aliphatic hydroxyl groups is 1. The summed E-state index contributed by atoms with van der Waals surface area (Å²) in [4.78, 5) is 14.6. The smallest absolute Gasteiger partial charge is 0.857 e. The van der Waals surface area contributed by atoms with Crippen LogP contribution in [0.3, 0.4) is 0 Å². The summed E-state index contributed by atoms with van der Waals surface area (Å²) in [6.07, 6.45) is 20.6. The normalized spacial score (nSPS) is 9.26. The van der Waals surface area contributed by atoms with E-state index in [9.17, 15) is 26.0 Å². The number of nitrogens with zero attached hydrogens (tertiary/aromatic N) is 5. The molecule has 6 rings (SSSR count). The number of hydrogen-bond acceptors (Lipinski definition) is 11. The second-order valence-electron chi connectivity index (χ2n) is 11.9. The molecule has 0 atom stereocenters. The summed E-state index contributed by atoms with van der Waals surface area (Å²) in [6.45, 7) is 8.32. The molecule has 20 heteroatoms. The van der Waals surface area contributed by atoms with Gasteiger partial charge in [-0.05, 0) is 65.3 Å². The molecule has 62 heavy (non-hydrogen) atoms. The summed E-state index contributed by atoms with van der Waals surface area (Å²) in [7, 11) is -3.07. The number of aliphatic hydroxyl groups excluding tert-OH is 1. The molecule has 0 amide bonds. The Hall–Kier alpha value is -5.27. The predicted octanol–water partition coefficient (Wildman–Crippen LogP) is 4.21. The first-order valence-corrected chi connectivity index (χ1v) is 22.1. The number of terminal acetylenes is 3. The van der Waals surface area contributed by atoms with Crippen molar-refractivity contribution in [3.05, 3.63) is 130 Å². The second-order valence-corrected chi connectivity index (χ2v) is 19.3. The molecular weight excluding hydrogens is 920 g/mol. The average molecular weight is 970 g/mol. The van der Waals surface area contributed by atoms with E-state index in [4.69, 9.17) is 46.7 Å². The Morgan fingerprint density at radius 2 is 1.08 bits per heavy atom. The van der Waals surface area contributed by atoms with Crippen molar-refractivity contribution in [3.8, 4) is 36.7 Å². The molecule has 0 radical (unpaired) electrons. The molecule has 5 aromatic heterocycles. The fraction of sp³-hybridized carbons (Fsp3) is 0.190. The van der Waals surface area contributed by atoms with Crippen molar-refractivity contribution in [1.82, 2.24) is 23.9 Å². The third-order valence-electron chi connectivity index (χ3n) is 6.39. The number of fused-ring (bicyclic) bond motifs is 1. The van der Waals surface area contributed by atoms with Gasteiger partial charge in [-0.3, -0.25) is 0 Å². The minimum Gasteiger partial charge on any atom is -0.857 e. The summed E-state index contributed by atoms with van der Waals surface area (Å²) in [5.74, 6) is 3.26. The van der Waals surface area contributed by atoms with Gasteiger partial charge < -0.3 is 27.4 Å². The van der Waals surface area contributed by atoms with Crippen molar-refractivity contribution in [2.75, 3.05) is 31.4 Å². The zero-order valence-electron chi connectivity index (χ0n) is 33.8. The molecule has 328 valence electrons. The second kappa shape index (κ2) is 31.6. The molecule has 0 aliphatic rings. The van der Waals surface area contributed by atoms with Gasteiger partial charge >= 0.3 is 29.6 Å². The van der Waals surface area contributed by atoms with Crippen LogP contribution in [0.1, 0.15) is 31.5 Å². The molecule has 0 saturated heterocycles. The number of halogens is 5. The summed E-state index contributed by atoms with van der Waals surface area (Å²) in [5, 5.41) is 15.7. The molecule has 0 unspecified atom stereocenters. The molecule has 5 heterocycles. The molecule has 6 aromatic rings. The standard InChI is InChI=1S/C14H11FN2O2S.2C7H5FN2.C5H4BrFN2.C5H10Si.CH4O.CH3O.2CH4.Na/c1-10-2-4-13(5-3-10)20(18,19)17-7-6-11-8-12(15)9-16-14(11)17;2*1-2-5-3-6(8)4-10-7(5)9;6-4-1-3(7)2-9-5(4)8;1-5-6(2,3)4;2*1-2;;;/h2-9H,1H3;2*1,3-4H,(H2,9,10);1-2H,(H2,8,9);1H,2-4H3;2H,1H3;1H3;2*1H4;/q;;;;;;-1;;;+1. The Labute approximate surface area is 393 Å². The summed E-state index contributed by atoms with van der Waals surface area (Å²) >= 11 is 3.02. The van der Waals surface area contributed by atoms with Gasteiger partial charge in [0.15, 0.2) is 5.65 Å². The van der Waals surface area contributed by atoms with E-state index in [-0.39, 0.29) is 66.6 Å². The molecule has 0 fully saturated rings. The zero-order chi connectivity index (χ0) is 45.5. The maximum absolute atomic E-state index is 13.1. The fourth-order valence-electron chi connectivity index (χ4n) is 3.55. The molecule has 0 saturated carbocycles. The SMILES string of the molecule is C.C.C#C[Si](C)(C)C.C#Cc1cc(F)cnc1N.C#Cc1cc(F)cnc1N.CO.C[O-].Cc1ccc(S(=O)(=O)n2ccc3cc(F)cnc32)cc1.Nc1ncc(F)cc1Br.[Na+]. The molecule has 7 N–H and O–H groups in total. The average Bonchev–Trinajstić information content (AvgIpc) is 3.65. The van der Waals surface area contributed by atoms with E-state index in [1.54, 1.807) is 24.3 Å². The van der Waals surface area contributed by atoms with Crippen molar-refractivity contribution in [2.24, 2.45) is 0 Å². The van der Waals surface area contributed by atoms with Crippen LogP contribution in [-0.4, -0.2) is 59.7 Å². The number of anilines is 3. The van der Waals surface area contributed by atoms with Gasteiger partial charge in [-0.25, -0.2) is 49.9 Å². The van der Waals surface area contributed by atoms with Crippen LogP contribution in [0.25, 0.3) is 11.0 Å². The van der Waals surface area contributed by atoms with Crippen molar-refractivity contribution in [1.29, 1.82) is 0 Å². The number of benzene rings is 1. The molecule has 0 bridgehead atoms. The van der Waals surface area contributed by atoms with Crippen LogP contribution in [0.5, 0.6) is 0 Å². The number of nitrogen functional groups attached to an aromatic ring is 3. The maximum Gasteiger partial charge on any atom is 1.00 e. The monoisotopic (exact) mass is 968 g/mol. The minimum atomic E-state index is -3.72. The number of aryl methyl sites for hydroxylation is 1. The van der Waals surface area contributed by atoms with Gasteiger partial charge in [0, 0.05) is 18.7 Å². The van der Waals surface area contributed by atoms with E-state index >= 15 is 0 Å².